The van der Waals surface area contributed by atoms with Crippen LogP contribution in [0, 0.1) is 11.3 Å². The first-order chi connectivity index (χ1) is 10.5. The van der Waals surface area contributed by atoms with E-state index in [1.165, 1.54) is 36.2 Å². The molecule has 2 aromatic heterocycles. The number of ether oxygens (including phenoxy) is 1. The maximum atomic E-state index is 12.5. The molecule has 0 radical (unpaired) electrons. The monoisotopic (exact) mass is 322 g/mol. The molecule has 8 nitrogen and oxygen atoms in total. The van der Waals surface area contributed by atoms with E-state index in [9.17, 15) is 13.2 Å². The predicted octanol–water partition coefficient (Wildman–Crippen LogP) is 0.655. The van der Waals surface area contributed by atoms with Crippen molar-refractivity contribution in [2.75, 3.05) is 20.2 Å². The van der Waals surface area contributed by atoms with Gasteiger partial charge in [-0.15, -0.1) is 0 Å². The molecule has 0 fully saturated rings. The molecular formula is C13H14N4O4S. The normalized spacial score (nSPS) is 11.5. The average molecular weight is 322 g/mol. The van der Waals surface area contributed by atoms with E-state index >= 15 is 0 Å². The summed E-state index contributed by atoms with van der Waals surface area (Å²) in [4.78, 5) is 15.4. The van der Waals surface area contributed by atoms with Gasteiger partial charge in [0.05, 0.1) is 24.3 Å². The number of methoxy groups -OCH3 is 1. The quantitative estimate of drug-likeness (QED) is 0.591. The van der Waals surface area contributed by atoms with Crippen LogP contribution in [0.25, 0.3) is 5.52 Å². The number of imidazole rings is 1. The van der Waals surface area contributed by atoms with Crippen LogP contribution in [0.4, 0.5) is 0 Å². The second kappa shape index (κ2) is 6.13. The number of aromatic nitrogens is 2. The Morgan fingerprint density at radius 1 is 1.50 bits per heavy atom. The zero-order valence-electron chi connectivity index (χ0n) is 12.1. The van der Waals surface area contributed by atoms with Gasteiger partial charge < -0.3 is 9.14 Å². The Hall–Kier alpha value is -2.44. The van der Waals surface area contributed by atoms with E-state index in [-0.39, 0.29) is 23.7 Å². The maximum absolute atomic E-state index is 12.5. The minimum atomic E-state index is -3.87. The largest absolute Gasteiger partial charge is 0.465 e. The van der Waals surface area contributed by atoms with Crippen molar-refractivity contribution >= 4 is 21.5 Å². The molecule has 0 aromatic carbocycles. The molecule has 0 unspecified atom stereocenters. The van der Waals surface area contributed by atoms with E-state index in [1.807, 2.05) is 6.07 Å². The van der Waals surface area contributed by atoms with Gasteiger partial charge in [0.1, 0.15) is 12.9 Å². The van der Waals surface area contributed by atoms with Crippen molar-refractivity contribution in [2.45, 2.75) is 11.9 Å². The highest BCUT2D eigenvalue weighted by atomic mass is 32.2. The van der Waals surface area contributed by atoms with Crippen LogP contribution in [0.1, 0.15) is 17.3 Å². The molecule has 0 spiro atoms. The lowest BCUT2D eigenvalue weighted by atomic mass is 10.3. The summed E-state index contributed by atoms with van der Waals surface area (Å²) >= 11 is 0. The summed E-state index contributed by atoms with van der Waals surface area (Å²) in [6.45, 7) is 1.55. The molecule has 0 saturated carbocycles. The Bertz CT molecular complexity index is 851. The van der Waals surface area contributed by atoms with Crippen LogP contribution in [0.2, 0.25) is 0 Å². The summed E-state index contributed by atoms with van der Waals surface area (Å²) in [5.41, 5.74) is 0.602. The van der Waals surface area contributed by atoms with Crippen LogP contribution >= 0.6 is 0 Å². The van der Waals surface area contributed by atoms with Crippen molar-refractivity contribution in [3.05, 3.63) is 30.2 Å². The number of pyridine rings is 1. The number of esters is 1. The topological polar surface area (TPSA) is 105 Å². The van der Waals surface area contributed by atoms with Gasteiger partial charge in [-0.25, -0.2) is 18.2 Å². The molecular weight excluding hydrogens is 308 g/mol. The van der Waals surface area contributed by atoms with E-state index in [0.29, 0.717) is 5.52 Å². The lowest BCUT2D eigenvalue weighted by Gasteiger charge is -2.15. The van der Waals surface area contributed by atoms with Crippen molar-refractivity contribution in [3.63, 3.8) is 0 Å². The van der Waals surface area contributed by atoms with Gasteiger partial charge in [-0.05, 0) is 12.1 Å². The number of sulfonamides is 1. The first-order valence-electron chi connectivity index (χ1n) is 6.37. The third kappa shape index (κ3) is 2.66. The van der Waals surface area contributed by atoms with Crippen LogP contribution < -0.4 is 0 Å². The molecule has 2 heterocycles. The standard InChI is InChI=1S/C13H14N4O4S/c1-3-17(7-6-14)22(19,20)12-11-5-4-10(13(18)21-2)8-16(11)9-15-12/h4-5,8-9H,3,7H2,1-2H3. The summed E-state index contributed by atoms with van der Waals surface area (Å²) < 4.78 is 32.1. The van der Waals surface area contributed by atoms with E-state index in [1.54, 1.807) is 6.92 Å². The lowest BCUT2D eigenvalue weighted by Crippen LogP contribution is -2.31. The van der Waals surface area contributed by atoms with Crippen LogP contribution in [-0.4, -0.2) is 48.3 Å². The summed E-state index contributed by atoms with van der Waals surface area (Å²) in [6.07, 6.45) is 2.74. The maximum Gasteiger partial charge on any atom is 0.339 e. The van der Waals surface area contributed by atoms with Gasteiger partial charge in [-0.1, -0.05) is 6.92 Å². The summed E-state index contributed by atoms with van der Waals surface area (Å²) in [5, 5.41) is 8.58. The fourth-order valence-corrected chi connectivity index (χ4v) is 3.41. The molecule has 116 valence electrons. The molecule has 0 saturated heterocycles. The number of hydrogen-bond acceptors (Lipinski definition) is 6. The Morgan fingerprint density at radius 2 is 2.23 bits per heavy atom. The number of nitriles is 1. The fourth-order valence-electron chi connectivity index (χ4n) is 1.98. The minimum absolute atomic E-state index is 0.152. The molecule has 22 heavy (non-hydrogen) atoms. The number of carbonyl (C=O) groups is 1. The van der Waals surface area contributed by atoms with E-state index in [4.69, 9.17) is 5.26 Å². The smallest absolute Gasteiger partial charge is 0.339 e. The Labute approximate surface area is 127 Å². The fraction of sp³-hybridized carbons (Fsp3) is 0.308. The molecule has 9 heteroatoms. The summed E-state index contributed by atoms with van der Waals surface area (Å²) in [5.74, 6) is -0.528. The van der Waals surface area contributed by atoms with Gasteiger partial charge in [-0.3, -0.25) is 0 Å². The molecule has 0 amide bonds. The second-order valence-electron chi connectivity index (χ2n) is 4.34. The highest BCUT2D eigenvalue weighted by Crippen LogP contribution is 2.20. The van der Waals surface area contributed by atoms with E-state index in [2.05, 4.69) is 9.72 Å². The second-order valence-corrected chi connectivity index (χ2v) is 6.19. The molecule has 0 N–H and O–H groups in total. The molecule has 0 bridgehead atoms. The Morgan fingerprint density at radius 3 is 2.82 bits per heavy atom. The van der Waals surface area contributed by atoms with Gasteiger partial charge in [0.25, 0.3) is 10.0 Å². The van der Waals surface area contributed by atoms with Crippen molar-refractivity contribution < 1.29 is 17.9 Å². The Kier molecular flexibility index (Phi) is 4.44. The highest BCUT2D eigenvalue weighted by Gasteiger charge is 2.27. The predicted molar refractivity (Wildman–Crippen MR) is 76.6 cm³/mol. The van der Waals surface area contributed by atoms with Crippen LogP contribution in [-0.2, 0) is 14.8 Å². The third-order valence-electron chi connectivity index (χ3n) is 3.10. The Balaban J connectivity index is 2.54. The summed E-state index contributed by atoms with van der Waals surface area (Å²) in [7, 11) is -2.61. The highest BCUT2D eigenvalue weighted by molar-refractivity contribution is 7.89. The van der Waals surface area contributed by atoms with Gasteiger partial charge in [0.2, 0.25) is 0 Å². The average Bonchev–Trinajstić information content (AvgIpc) is 2.95. The van der Waals surface area contributed by atoms with Crippen molar-refractivity contribution in [1.82, 2.24) is 13.7 Å². The lowest BCUT2D eigenvalue weighted by molar-refractivity contribution is 0.0600. The van der Waals surface area contributed by atoms with E-state index in [0.717, 1.165) is 4.31 Å². The number of fused-ring (bicyclic) bond motifs is 1. The number of hydrogen-bond donors (Lipinski definition) is 0. The van der Waals surface area contributed by atoms with Crippen molar-refractivity contribution in [1.29, 1.82) is 5.26 Å². The molecule has 0 aliphatic carbocycles. The van der Waals surface area contributed by atoms with Crippen LogP contribution in [0.3, 0.4) is 0 Å². The zero-order chi connectivity index (χ0) is 16.3. The zero-order valence-corrected chi connectivity index (χ0v) is 12.9. The molecule has 0 aliphatic rings. The first-order valence-corrected chi connectivity index (χ1v) is 7.81. The number of nitrogens with zero attached hydrogens (tertiary/aromatic N) is 4. The van der Waals surface area contributed by atoms with Gasteiger partial charge in [0.15, 0.2) is 5.03 Å². The first kappa shape index (κ1) is 15.9. The summed E-state index contributed by atoms with van der Waals surface area (Å²) in [6, 6.07) is 4.76. The minimum Gasteiger partial charge on any atom is -0.465 e. The number of rotatable bonds is 5. The van der Waals surface area contributed by atoms with Gasteiger partial charge in [0, 0.05) is 12.7 Å². The van der Waals surface area contributed by atoms with Gasteiger partial charge >= 0.3 is 5.97 Å². The van der Waals surface area contributed by atoms with Gasteiger partial charge in [-0.2, -0.15) is 9.57 Å². The molecule has 0 aliphatic heterocycles. The number of carbonyl (C=O) groups excluding carboxylic acids is 1. The van der Waals surface area contributed by atoms with Crippen LogP contribution in [0.15, 0.2) is 29.7 Å². The third-order valence-corrected chi connectivity index (χ3v) is 4.97. The SMILES string of the molecule is CCN(CC#N)S(=O)(=O)c1ncn2cc(C(=O)OC)ccc12. The van der Waals surface area contributed by atoms with Crippen molar-refractivity contribution in [3.8, 4) is 6.07 Å². The van der Waals surface area contributed by atoms with Crippen molar-refractivity contribution in [2.24, 2.45) is 0 Å². The molecule has 2 aromatic rings. The molecule has 0 atom stereocenters. The molecule has 2 rings (SSSR count). The van der Waals surface area contributed by atoms with E-state index < -0.39 is 16.0 Å². The van der Waals surface area contributed by atoms with Crippen LogP contribution in [0.5, 0.6) is 0 Å².